The molecule has 40 heavy (non-hydrogen) atoms. The molecule has 1 aliphatic heterocycles. The second kappa shape index (κ2) is 13.0. The number of carbonyl (C=O) groups excluding carboxylic acids is 2. The average molecular weight is 548 g/mol. The molecule has 1 fully saturated rings. The summed E-state index contributed by atoms with van der Waals surface area (Å²) in [6.45, 7) is 8.05. The topological polar surface area (TPSA) is 94.8 Å². The SMILES string of the molecule is Cc1c(-c2ccc(F)c(Oc3ccccc3)c2)c(/C=C/C(O)CC(=O)CC(=O)[O-])c(C(C)C)n1N1CCCCC1. The van der Waals surface area contributed by atoms with Gasteiger partial charge in [0.25, 0.3) is 0 Å². The number of ether oxygens (including phenoxy) is 1. The predicted molar refractivity (Wildman–Crippen MR) is 151 cm³/mol. The van der Waals surface area contributed by atoms with Crippen molar-refractivity contribution < 1.29 is 28.9 Å². The van der Waals surface area contributed by atoms with Gasteiger partial charge in [-0.2, -0.15) is 0 Å². The molecule has 0 bridgehead atoms. The summed E-state index contributed by atoms with van der Waals surface area (Å²) in [6.07, 6.45) is 4.42. The van der Waals surface area contributed by atoms with Crippen LogP contribution in [0.25, 0.3) is 17.2 Å². The first-order chi connectivity index (χ1) is 19.2. The number of carboxylic acids is 1. The number of para-hydroxylation sites is 1. The smallest absolute Gasteiger partial charge is 0.165 e. The van der Waals surface area contributed by atoms with E-state index < -0.39 is 30.1 Å². The molecule has 0 saturated carbocycles. The molecule has 2 heterocycles. The zero-order valence-electron chi connectivity index (χ0n) is 23.2. The lowest BCUT2D eigenvalue weighted by atomic mass is 9.96. The van der Waals surface area contributed by atoms with Crippen molar-refractivity contribution in [1.82, 2.24) is 4.68 Å². The van der Waals surface area contributed by atoms with Crippen LogP contribution in [0.15, 0.2) is 54.6 Å². The van der Waals surface area contributed by atoms with Gasteiger partial charge in [0.05, 0.1) is 11.8 Å². The van der Waals surface area contributed by atoms with Gasteiger partial charge in [-0.3, -0.25) is 9.47 Å². The van der Waals surface area contributed by atoms with Gasteiger partial charge in [0.1, 0.15) is 11.5 Å². The minimum absolute atomic E-state index is 0.0998. The number of carboxylic acid groups (broad SMARTS) is 1. The Morgan fingerprint density at radius 1 is 1.10 bits per heavy atom. The molecule has 2 aromatic carbocycles. The molecule has 1 saturated heterocycles. The number of Topliss-reactive ketones (excluding diaryl/α,β-unsaturated/α-hetero) is 1. The summed E-state index contributed by atoms with van der Waals surface area (Å²) in [6, 6.07) is 13.8. The molecule has 4 rings (SSSR count). The van der Waals surface area contributed by atoms with Gasteiger partial charge in [-0.05, 0) is 61.9 Å². The molecule has 1 aromatic heterocycles. The predicted octanol–water partition coefficient (Wildman–Crippen LogP) is 5.11. The summed E-state index contributed by atoms with van der Waals surface area (Å²) >= 11 is 0. The van der Waals surface area contributed by atoms with Crippen molar-refractivity contribution in [3.05, 3.63) is 77.4 Å². The Kier molecular flexibility index (Phi) is 9.42. The Balaban J connectivity index is 1.82. The fourth-order valence-corrected chi connectivity index (χ4v) is 5.35. The summed E-state index contributed by atoms with van der Waals surface area (Å²) in [7, 11) is 0. The van der Waals surface area contributed by atoms with Crippen LogP contribution in [0, 0.1) is 12.7 Å². The van der Waals surface area contributed by atoms with Gasteiger partial charge in [-0.1, -0.05) is 50.3 Å². The lowest BCUT2D eigenvalue weighted by Crippen LogP contribution is -2.41. The largest absolute Gasteiger partial charge is 0.550 e. The molecule has 0 aliphatic carbocycles. The molecule has 1 atom stereocenters. The molecule has 0 amide bonds. The first-order valence-corrected chi connectivity index (χ1v) is 13.8. The maximum Gasteiger partial charge on any atom is 0.165 e. The molecule has 1 unspecified atom stereocenters. The number of aliphatic hydroxyl groups is 1. The molecular formula is C32H36FN2O5-. The number of benzene rings is 2. The zero-order chi connectivity index (χ0) is 28.8. The number of aliphatic carboxylic acids is 1. The third-order valence-electron chi connectivity index (χ3n) is 7.07. The lowest BCUT2D eigenvalue weighted by Gasteiger charge is -2.33. The molecule has 0 radical (unpaired) electrons. The zero-order valence-corrected chi connectivity index (χ0v) is 23.2. The number of rotatable bonds is 11. The summed E-state index contributed by atoms with van der Waals surface area (Å²) in [5.74, 6) is -1.83. The normalized spacial score (nSPS) is 14.6. The van der Waals surface area contributed by atoms with Gasteiger partial charge in [0.15, 0.2) is 11.6 Å². The number of hydrogen-bond acceptors (Lipinski definition) is 6. The molecule has 3 aromatic rings. The van der Waals surface area contributed by atoms with E-state index in [0.29, 0.717) is 5.75 Å². The highest BCUT2D eigenvalue weighted by Gasteiger charge is 2.27. The summed E-state index contributed by atoms with van der Waals surface area (Å²) in [5.41, 5.74) is 4.49. The molecule has 0 spiro atoms. The minimum Gasteiger partial charge on any atom is -0.550 e. The quantitative estimate of drug-likeness (QED) is 0.335. The van der Waals surface area contributed by atoms with E-state index in [2.05, 4.69) is 23.5 Å². The van der Waals surface area contributed by atoms with Crippen molar-refractivity contribution >= 4 is 17.8 Å². The van der Waals surface area contributed by atoms with Crippen molar-refractivity contribution in [3.63, 3.8) is 0 Å². The van der Waals surface area contributed by atoms with Crippen molar-refractivity contribution in [2.75, 3.05) is 18.1 Å². The van der Waals surface area contributed by atoms with E-state index >= 15 is 0 Å². The van der Waals surface area contributed by atoms with Crippen molar-refractivity contribution in [2.45, 2.75) is 64.9 Å². The van der Waals surface area contributed by atoms with Crippen LogP contribution >= 0.6 is 0 Å². The fourth-order valence-electron chi connectivity index (χ4n) is 5.35. The van der Waals surface area contributed by atoms with Crippen LogP contribution in [0.2, 0.25) is 0 Å². The number of piperidine rings is 1. The Bertz CT molecular complexity index is 1370. The Hall–Kier alpha value is -3.91. The number of ketones is 1. The van der Waals surface area contributed by atoms with E-state index in [-0.39, 0.29) is 18.1 Å². The minimum atomic E-state index is -1.47. The molecule has 8 heteroatoms. The molecule has 1 aliphatic rings. The van der Waals surface area contributed by atoms with Gasteiger partial charge in [-0.15, -0.1) is 0 Å². The number of hydrogen-bond donors (Lipinski definition) is 1. The van der Waals surface area contributed by atoms with Crippen LogP contribution in [0.4, 0.5) is 4.39 Å². The summed E-state index contributed by atoms with van der Waals surface area (Å²) in [4.78, 5) is 22.7. The first-order valence-electron chi connectivity index (χ1n) is 13.8. The second-order valence-corrected chi connectivity index (χ2v) is 10.5. The Morgan fingerprint density at radius 2 is 1.80 bits per heavy atom. The number of nitrogens with zero attached hydrogens (tertiary/aromatic N) is 2. The van der Waals surface area contributed by atoms with Crippen LogP contribution < -0.4 is 14.9 Å². The first kappa shape index (κ1) is 29.1. The van der Waals surface area contributed by atoms with Crippen LogP contribution in [0.3, 0.4) is 0 Å². The van der Waals surface area contributed by atoms with Crippen molar-refractivity contribution in [3.8, 4) is 22.6 Å². The lowest BCUT2D eigenvalue weighted by molar-refractivity contribution is -0.304. The van der Waals surface area contributed by atoms with E-state index in [4.69, 9.17) is 4.74 Å². The van der Waals surface area contributed by atoms with E-state index in [1.165, 1.54) is 18.6 Å². The molecular weight excluding hydrogens is 511 g/mol. The maximum atomic E-state index is 14.9. The molecule has 1 N–H and O–H groups in total. The van der Waals surface area contributed by atoms with Gasteiger partial charge >= 0.3 is 0 Å². The Morgan fingerprint density at radius 3 is 2.45 bits per heavy atom. The summed E-state index contributed by atoms with van der Waals surface area (Å²) in [5, 5.41) is 23.7. The van der Waals surface area contributed by atoms with Crippen LogP contribution in [-0.4, -0.2) is 40.7 Å². The maximum absolute atomic E-state index is 14.9. The number of aliphatic hydroxyl groups excluding tert-OH is 1. The number of halogens is 1. The van der Waals surface area contributed by atoms with E-state index in [9.17, 15) is 24.2 Å². The standard InChI is InChI=1S/C32H37FN2O5/c1-21(2)32-27(14-13-24(36)19-25(37)20-30(38)39)31(22(3)35(32)34-16-8-5-9-17-34)23-12-15-28(33)29(18-23)40-26-10-6-4-7-11-26/h4,6-7,10-15,18,21,24,36H,5,8-9,16-17,19-20H2,1-3H3,(H,38,39)/p-1/b14-13+. The van der Waals surface area contributed by atoms with E-state index in [1.807, 2.05) is 25.1 Å². The highest BCUT2D eigenvalue weighted by Crippen LogP contribution is 2.40. The number of carbonyl (C=O) groups is 2. The van der Waals surface area contributed by atoms with Gasteiger partial charge in [-0.25, -0.2) is 4.39 Å². The second-order valence-electron chi connectivity index (χ2n) is 10.5. The highest BCUT2D eigenvalue weighted by molar-refractivity contribution is 5.94. The van der Waals surface area contributed by atoms with Crippen molar-refractivity contribution in [2.24, 2.45) is 0 Å². The highest BCUT2D eigenvalue weighted by atomic mass is 19.1. The average Bonchev–Trinajstić information content (AvgIpc) is 3.21. The van der Waals surface area contributed by atoms with Crippen LogP contribution in [0.1, 0.15) is 68.8 Å². The van der Waals surface area contributed by atoms with Gasteiger partial charge in [0.2, 0.25) is 0 Å². The van der Waals surface area contributed by atoms with E-state index in [1.54, 1.807) is 30.3 Å². The van der Waals surface area contributed by atoms with Crippen LogP contribution in [0.5, 0.6) is 11.5 Å². The third kappa shape index (κ3) is 6.80. The van der Waals surface area contributed by atoms with Gasteiger partial charge in [0, 0.05) is 48.7 Å². The summed E-state index contributed by atoms with van der Waals surface area (Å²) < 4.78 is 23.0. The molecule has 7 nitrogen and oxygen atoms in total. The van der Waals surface area contributed by atoms with E-state index in [0.717, 1.165) is 54.0 Å². The number of aromatic nitrogens is 1. The van der Waals surface area contributed by atoms with Crippen LogP contribution in [-0.2, 0) is 9.59 Å². The monoisotopic (exact) mass is 547 g/mol. The Labute approximate surface area is 234 Å². The van der Waals surface area contributed by atoms with Gasteiger partial charge < -0.3 is 24.8 Å². The fraction of sp³-hybridized carbons (Fsp3) is 0.375. The molecule has 212 valence electrons. The van der Waals surface area contributed by atoms with Crippen molar-refractivity contribution in [1.29, 1.82) is 0 Å². The third-order valence-corrected chi connectivity index (χ3v) is 7.07.